The molecule has 0 aromatic heterocycles. The Hall–Kier alpha value is -1.10. The number of rotatable bonds is 9. The second kappa shape index (κ2) is 8.91. The van der Waals surface area contributed by atoms with Crippen LogP contribution in [-0.2, 0) is 11.3 Å². The molecular formula is C15H25NO3. The van der Waals surface area contributed by atoms with Crippen LogP contribution in [0.1, 0.15) is 25.8 Å². The highest BCUT2D eigenvalue weighted by molar-refractivity contribution is 5.27. The van der Waals surface area contributed by atoms with Gasteiger partial charge in [0.05, 0.1) is 6.61 Å². The van der Waals surface area contributed by atoms with Crippen molar-refractivity contribution < 1.29 is 14.6 Å². The van der Waals surface area contributed by atoms with E-state index in [0.29, 0.717) is 25.7 Å². The molecule has 1 rings (SSSR count). The lowest BCUT2D eigenvalue weighted by Gasteiger charge is -2.13. The lowest BCUT2D eigenvalue weighted by atomic mass is 10.1. The molecular weight excluding hydrogens is 242 g/mol. The number of ether oxygens (including phenoxy) is 2. The van der Waals surface area contributed by atoms with Crippen molar-refractivity contribution in [1.29, 1.82) is 0 Å². The zero-order valence-electron chi connectivity index (χ0n) is 11.8. The van der Waals surface area contributed by atoms with Crippen LogP contribution >= 0.6 is 0 Å². The Morgan fingerprint density at radius 2 is 1.84 bits per heavy atom. The average molecular weight is 267 g/mol. The van der Waals surface area contributed by atoms with Crippen molar-refractivity contribution in [3.63, 3.8) is 0 Å². The molecule has 0 amide bonds. The molecule has 3 N–H and O–H groups in total. The fraction of sp³-hybridized carbons (Fsp3) is 0.600. The molecule has 1 atom stereocenters. The third-order valence-corrected chi connectivity index (χ3v) is 2.75. The summed E-state index contributed by atoms with van der Waals surface area (Å²) in [6.07, 6.45) is 0.412. The predicted molar refractivity (Wildman–Crippen MR) is 76.1 cm³/mol. The number of benzene rings is 1. The molecule has 4 heteroatoms. The van der Waals surface area contributed by atoms with Crippen molar-refractivity contribution in [3.05, 3.63) is 29.8 Å². The Bertz CT molecular complexity index is 338. The fourth-order valence-electron chi connectivity index (χ4n) is 1.50. The third kappa shape index (κ3) is 7.15. The number of aliphatic hydroxyl groups is 1. The van der Waals surface area contributed by atoms with Crippen LogP contribution < -0.4 is 10.5 Å². The van der Waals surface area contributed by atoms with Gasteiger partial charge >= 0.3 is 0 Å². The lowest BCUT2D eigenvalue weighted by Crippen LogP contribution is -2.23. The summed E-state index contributed by atoms with van der Waals surface area (Å²) in [4.78, 5) is 0. The van der Waals surface area contributed by atoms with E-state index < -0.39 is 6.10 Å². The highest BCUT2D eigenvalue weighted by Crippen LogP contribution is 2.12. The SMILES string of the molecule is CC(C)CCOCC(O)COc1ccc(CN)cc1. The first-order valence-corrected chi connectivity index (χ1v) is 6.79. The summed E-state index contributed by atoms with van der Waals surface area (Å²) in [6, 6.07) is 7.55. The lowest BCUT2D eigenvalue weighted by molar-refractivity contribution is 0.00916. The maximum absolute atomic E-state index is 9.71. The standard InChI is InChI=1S/C15H25NO3/c1-12(2)7-8-18-10-14(17)11-19-15-5-3-13(9-16)4-6-15/h3-6,12,14,17H,7-11,16H2,1-2H3. The Balaban J connectivity index is 2.16. The molecule has 0 aliphatic heterocycles. The van der Waals surface area contributed by atoms with E-state index >= 15 is 0 Å². The molecule has 4 nitrogen and oxygen atoms in total. The molecule has 0 spiro atoms. The minimum absolute atomic E-state index is 0.240. The quantitative estimate of drug-likeness (QED) is 0.671. The summed E-state index contributed by atoms with van der Waals surface area (Å²) in [7, 11) is 0. The van der Waals surface area contributed by atoms with Crippen LogP contribution in [0, 0.1) is 5.92 Å². The Morgan fingerprint density at radius 3 is 2.42 bits per heavy atom. The molecule has 1 aromatic carbocycles. The maximum Gasteiger partial charge on any atom is 0.119 e. The first kappa shape index (κ1) is 16.0. The van der Waals surface area contributed by atoms with Crippen LogP contribution in [0.2, 0.25) is 0 Å². The average Bonchev–Trinajstić information content (AvgIpc) is 2.41. The van der Waals surface area contributed by atoms with E-state index in [9.17, 15) is 5.11 Å². The van der Waals surface area contributed by atoms with Crippen LogP contribution in [-0.4, -0.2) is 31.0 Å². The first-order chi connectivity index (χ1) is 9.11. The summed E-state index contributed by atoms with van der Waals surface area (Å²) in [6.45, 7) is 6.05. The molecule has 1 aromatic rings. The van der Waals surface area contributed by atoms with Gasteiger partial charge in [0.15, 0.2) is 0 Å². The number of nitrogens with two attached hydrogens (primary N) is 1. The van der Waals surface area contributed by atoms with Crippen LogP contribution in [0.5, 0.6) is 5.75 Å². The van der Waals surface area contributed by atoms with E-state index in [1.165, 1.54) is 0 Å². The van der Waals surface area contributed by atoms with Gasteiger partial charge in [-0.15, -0.1) is 0 Å². The Kier molecular flexibility index (Phi) is 7.48. The summed E-state index contributed by atoms with van der Waals surface area (Å²) < 4.78 is 10.9. The molecule has 0 aliphatic carbocycles. The molecule has 0 saturated heterocycles. The fourth-order valence-corrected chi connectivity index (χ4v) is 1.50. The van der Waals surface area contributed by atoms with Crippen molar-refractivity contribution in [2.24, 2.45) is 11.7 Å². The maximum atomic E-state index is 9.71. The smallest absolute Gasteiger partial charge is 0.119 e. The van der Waals surface area contributed by atoms with Crippen molar-refractivity contribution in [2.75, 3.05) is 19.8 Å². The van der Waals surface area contributed by atoms with Gasteiger partial charge < -0.3 is 20.3 Å². The monoisotopic (exact) mass is 267 g/mol. The molecule has 0 aliphatic rings. The summed E-state index contributed by atoms with van der Waals surface area (Å²) in [5.41, 5.74) is 6.57. The summed E-state index contributed by atoms with van der Waals surface area (Å²) in [5.74, 6) is 1.35. The van der Waals surface area contributed by atoms with Crippen LogP contribution in [0.3, 0.4) is 0 Å². The van der Waals surface area contributed by atoms with Crippen molar-refractivity contribution >= 4 is 0 Å². The van der Waals surface area contributed by atoms with Gasteiger partial charge in [-0.1, -0.05) is 26.0 Å². The van der Waals surface area contributed by atoms with E-state index in [2.05, 4.69) is 13.8 Å². The van der Waals surface area contributed by atoms with Gasteiger partial charge in [0, 0.05) is 13.2 Å². The molecule has 0 heterocycles. The normalized spacial score (nSPS) is 12.7. The molecule has 0 saturated carbocycles. The largest absolute Gasteiger partial charge is 0.491 e. The second-order valence-electron chi connectivity index (χ2n) is 5.07. The third-order valence-electron chi connectivity index (χ3n) is 2.75. The number of hydrogen-bond donors (Lipinski definition) is 2. The molecule has 1 unspecified atom stereocenters. The van der Waals surface area contributed by atoms with Gasteiger partial charge in [0.25, 0.3) is 0 Å². The molecule has 108 valence electrons. The molecule has 0 fully saturated rings. The molecule has 19 heavy (non-hydrogen) atoms. The minimum atomic E-state index is -0.596. The Morgan fingerprint density at radius 1 is 1.16 bits per heavy atom. The zero-order chi connectivity index (χ0) is 14.1. The van der Waals surface area contributed by atoms with Gasteiger partial charge in [0.2, 0.25) is 0 Å². The Labute approximate surface area is 115 Å². The van der Waals surface area contributed by atoms with E-state index in [0.717, 1.165) is 17.7 Å². The first-order valence-electron chi connectivity index (χ1n) is 6.79. The van der Waals surface area contributed by atoms with Crippen molar-refractivity contribution in [1.82, 2.24) is 0 Å². The summed E-state index contributed by atoms with van der Waals surface area (Å²) >= 11 is 0. The predicted octanol–water partition coefficient (Wildman–Crippen LogP) is 1.95. The van der Waals surface area contributed by atoms with Crippen LogP contribution in [0.15, 0.2) is 24.3 Å². The second-order valence-corrected chi connectivity index (χ2v) is 5.07. The molecule has 0 bridgehead atoms. The van der Waals surface area contributed by atoms with E-state index in [1.54, 1.807) is 0 Å². The zero-order valence-corrected chi connectivity index (χ0v) is 11.8. The number of aliphatic hydroxyl groups excluding tert-OH is 1. The van der Waals surface area contributed by atoms with Crippen molar-refractivity contribution in [3.8, 4) is 5.75 Å². The summed E-state index contributed by atoms with van der Waals surface area (Å²) in [5, 5.41) is 9.71. The van der Waals surface area contributed by atoms with Crippen molar-refractivity contribution in [2.45, 2.75) is 32.9 Å². The highest BCUT2D eigenvalue weighted by Gasteiger charge is 2.06. The highest BCUT2D eigenvalue weighted by atomic mass is 16.5. The van der Waals surface area contributed by atoms with Gasteiger partial charge in [-0.05, 0) is 30.0 Å². The molecule has 0 radical (unpaired) electrons. The van der Waals surface area contributed by atoms with E-state index in [4.69, 9.17) is 15.2 Å². The van der Waals surface area contributed by atoms with Gasteiger partial charge in [-0.25, -0.2) is 0 Å². The van der Waals surface area contributed by atoms with Gasteiger partial charge in [-0.2, -0.15) is 0 Å². The van der Waals surface area contributed by atoms with Crippen LogP contribution in [0.25, 0.3) is 0 Å². The van der Waals surface area contributed by atoms with Gasteiger partial charge in [-0.3, -0.25) is 0 Å². The topological polar surface area (TPSA) is 64.7 Å². The van der Waals surface area contributed by atoms with Gasteiger partial charge in [0.1, 0.15) is 18.5 Å². The minimum Gasteiger partial charge on any atom is -0.491 e. The van der Waals surface area contributed by atoms with E-state index in [-0.39, 0.29) is 6.61 Å². The van der Waals surface area contributed by atoms with E-state index in [1.807, 2.05) is 24.3 Å². The number of hydrogen-bond acceptors (Lipinski definition) is 4. The van der Waals surface area contributed by atoms with Crippen LogP contribution in [0.4, 0.5) is 0 Å².